The SMILES string of the molecule is CO[C@H]1C[C@@H](COCC2CCCCC2)N(Cc2ccc(C(=O)N[C@@H](CCSC)C(=O)O)c(-c3ccccc3C)c2)C1. The van der Waals surface area contributed by atoms with Crippen LogP contribution in [0.15, 0.2) is 42.5 Å². The van der Waals surface area contributed by atoms with Gasteiger partial charge in [0, 0.05) is 38.4 Å². The van der Waals surface area contributed by atoms with Crippen molar-refractivity contribution in [3.8, 4) is 11.1 Å². The number of carbonyl (C=O) groups excluding carboxylic acids is 1. The van der Waals surface area contributed by atoms with Crippen LogP contribution in [0.3, 0.4) is 0 Å². The van der Waals surface area contributed by atoms with Gasteiger partial charge in [0.25, 0.3) is 5.91 Å². The minimum absolute atomic E-state index is 0.174. The van der Waals surface area contributed by atoms with Crippen molar-refractivity contribution in [2.45, 2.75) is 76.6 Å². The molecule has 2 N–H and O–H groups in total. The number of rotatable bonds is 14. The van der Waals surface area contributed by atoms with Crippen molar-refractivity contribution in [2.75, 3.05) is 38.9 Å². The zero-order chi connectivity index (χ0) is 29.2. The molecule has 8 heteroatoms. The third-order valence-electron chi connectivity index (χ3n) is 8.57. The molecule has 0 radical (unpaired) electrons. The summed E-state index contributed by atoms with van der Waals surface area (Å²) in [6, 6.07) is 13.3. The van der Waals surface area contributed by atoms with E-state index in [0.717, 1.165) is 48.4 Å². The monoisotopic (exact) mass is 582 g/mol. The number of benzene rings is 2. The zero-order valence-electron chi connectivity index (χ0n) is 24.8. The van der Waals surface area contributed by atoms with Crippen LogP contribution in [-0.4, -0.2) is 78.9 Å². The van der Waals surface area contributed by atoms with E-state index in [4.69, 9.17) is 9.47 Å². The van der Waals surface area contributed by atoms with Crippen LogP contribution in [0.5, 0.6) is 0 Å². The predicted molar refractivity (Wildman–Crippen MR) is 166 cm³/mol. The van der Waals surface area contributed by atoms with Gasteiger partial charge in [-0.3, -0.25) is 9.69 Å². The van der Waals surface area contributed by atoms with Gasteiger partial charge in [0.05, 0.1) is 12.7 Å². The molecular weight excluding hydrogens is 536 g/mol. The van der Waals surface area contributed by atoms with Gasteiger partial charge in [-0.15, -0.1) is 0 Å². The molecule has 3 atom stereocenters. The number of thioether (sulfide) groups is 1. The molecule has 224 valence electrons. The lowest BCUT2D eigenvalue weighted by Crippen LogP contribution is -2.41. The van der Waals surface area contributed by atoms with Crippen LogP contribution in [0, 0.1) is 12.8 Å². The minimum Gasteiger partial charge on any atom is -0.480 e. The summed E-state index contributed by atoms with van der Waals surface area (Å²) in [4.78, 5) is 27.7. The van der Waals surface area contributed by atoms with Crippen LogP contribution >= 0.6 is 11.8 Å². The van der Waals surface area contributed by atoms with Crippen LogP contribution in [-0.2, 0) is 20.8 Å². The largest absolute Gasteiger partial charge is 0.480 e. The fourth-order valence-corrected chi connectivity index (χ4v) is 6.62. The van der Waals surface area contributed by atoms with E-state index in [1.807, 2.05) is 49.6 Å². The van der Waals surface area contributed by atoms with E-state index in [0.29, 0.717) is 30.3 Å². The van der Waals surface area contributed by atoms with E-state index in [9.17, 15) is 14.7 Å². The number of nitrogens with zero attached hydrogens (tertiary/aromatic N) is 1. The van der Waals surface area contributed by atoms with Crippen LogP contribution < -0.4 is 5.32 Å². The fourth-order valence-electron chi connectivity index (χ4n) is 6.15. The number of methoxy groups -OCH3 is 1. The van der Waals surface area contributed by atoms with Gasteiger partial charge in [-0.05, 0) is 84.9 Å². The van der Waals surface area contributed by atoms with Crippen molar-refractivity contribution in [3.05, 3.63) is 59.2 Å². The Morgan fingerprint density at radius 1 is 1.10 bits per heavy atom. The van der Waals surface area contributed by atoms with Crippen molar-refractivity contribution < 1.29 is 24.2 Å². The van der Waals surface area contributed by atoms with Gasteiger partial charge in [-0.1, -0.05) is 49.6 Å². The van der Waals surface area contributed by atoms with E-state index in [1.54, 1.807) is 18.9 Å². The minimum atomic E-state index is -1.01. The highest BCUT2D eigenvalue weighted by molar-refractivity contribution is 7.98. The molecule has 2 fully saturated rings. The second-order valence-corrected chi connectivity index (χ2v) is 12.5. The van der Waals surface area contributed by atoms with Gasteiger partial charge in [-0.25, -0.2) is 4.79 Å². The summed E-state index contributed by atoms with van der Waals surface area (Å²) in [5.41, 5.74) is 4.44. The Hall–Kier alpha value is -2.39. The molecule has 1 heterocycles. The maximum absolute atomic E-state index is 13.4. The van der Waals surface area contributed by atoms with Crippen LogP contribution in [0.1, 0.15) is 66.4 Å². The maximum atomic E-state index is 13.4. The topological polar surface area (TPSA) is 88.1 Å². The van der Waals surface area contributed by atoms with Crippen molar-refractivity contribution in [1.82, 2.24) is 10.2 Å². The Balaban J connectivity index is 1.53. The van der Waals surface area contributed by atoms with Crippen molar-refractivity contribution in [2.24, 2.45) is 5.92 Å². The first-order valence-corrected chi connectivity index (χ1v) is 16.3. The fraction of sp³-hybridized carbons (Fsp3) is 0.576. The second kappa shape index (κ2) is 15.7. The van der Waals surface area contributed by atoms with Crippen molar-refractivity contribution >= 4 is 23.6 Å². The third-order valence-corrected chi connectivity index (χ3v) is 9.22. The number of nitrogens with one attached hydrogen (secondary N) is 1. The first kappa shape index (κ1) is 31.5. The Morgan fingerprint density at radius 2 is 1.88 bits per heavy atom. The van der Waals surface area contributed by atoms with Gasteiger partial charge >= 0.3 is 5.97 Å². The molecule has 0 spiro atoms. The Morgan fingerprint density at radius 3 is 2.59 bits per heavy atom. The molecule has 1 saturated heterocycles. The molecule has 0 aromatic heterocycles. The van der Waals surface area contributed by atoms with Gasteiger partial charge in [-0.2, -0.15) is 11.8 Å². The molecule has 41 heavy (non-hydrogen) atoms. The Kier molecular flexibility index (Phi) is 12.1. The summed E-state index contributed by atoms with van der Waals surface area (Å²) >= 11 is 1.57. The number of carbonyl (C=O) groups is 2. The number of amides is 1. The van der Waals surface area contributed by atoms with E-state index in [1.165, 1.54) is 32.1 Å². The van der Waals surface area contributed by atoms with E-state index in [-0.39, 0.29) is 18.1 Å². The number of carboxylic acids is 1. The van der Waals surface area contributed by atoms with Gasteiger partial charge in [0.1, 0.15) is 6.04 Å². The Bertz CT molecular complexity index is 1150. The molecule has 0 unspecified atom stereocenters. The Labute approximate surface area is 249 Å². The van der Waals surface area contributed by atoms with Crippen molar-refractivity contribution in [1.29, 1.82) is 0 Å². The van der Waals surface area contributed by atoms with E-state index < -0.39 is 12.0 Å². The lowest BCUT2D eigenvalue weighted by Gasteiger charge is -2.26. The average molecular weight is 583 g/mol. The summed E-state index contributed by atoms with van der Waals surface area (Å²) in [6.45, 7) is 5.15. The van der Waals surface area contributed by atoms with Crippen LogP contribution in [0.4, 0.5) is 0 Å². The third kappa shape index (κ3) is 8.80. The maximum Gasteiger partial charge on any atom is 0.326 e. The predicted octanol–water partition coefficient (Wildman–Crippen LogP) is 5.78. The standard InChI is InChI=1S/C33H46N2O5S/c1-23-9-7-8-12-28(23)30-17-25(13-14-29(30)32(36)34-31(33(37)38)15-16-41-3)19-35-20-27(39-2)18-26(35)22-40-21-24-10-5-4-6-11-24/h7-9,12-14,17,24,26-27,31H,4-6,10-11,15-16,18-22H2,1-3H3,(H,34,36)(H,37,38)/t26-,27-,31-/m0/s1. The smallest absolute Gasteiger partial charge is 0.326 e. The number of hydrogen-bond acceptors (Lipinski definition) is 6. The van der Waals surface area contributed by atoms with Gasteiger partial charge in [0.15, 0.2) is 0 Å². The molecule has 0 bridgehead atoms. The molecule has 7 nitrogen and oxygen atoms in total. The molecule has 2 aromatic carbocycles. The molecule has 2 aromatic rings. The first-order chi connectivity index (χ1) is 19.9. The number of carboxylic acid groups (broad SMARTS) is 1. The number of likely N-dealkylation sites (tertiary alicyclic amines) is 1. The van der Waals surface area contributed by atoms with Crippen LogP contribution in [0.2, 0.25) is 0 Å². The first-order valence-electron chi connectivity index (χ1n) is 15.0. The van der Waals surface area contributed by atoms with Gasteiger partial charge < -0.3 is 19.9 Å². The molecule has 1 saturated carbocycles. The lowest BCUT2D eigenvalue weighted by molar-refractivity contribution is -0.139. The summed E-state index contributed by atoms with van der Waals surface area (Å²) in [6.07, 6.45) is 9.97. The van der Waals surface area contributed by atoms with Crippen molar-refractivity contribution in [3.63, 3.8) is 0 Å². The quantitative estimate of drug-likeness (QED) is 0.292. The van der Waals surface area contributed by atoms with E-state index in [2.05, 4.69) is 16.3 Å². The molecule has 2 aliphatic rings. The van der Waals surface area contributed by atoms with E-state index >= 15 is 0 Å². The molecule has 1 amide bonds. The summed E-state index contributed by atoms with van der Waals surface area (Å²) < 4.78 is 12.0. The van der Waals surface area contributed by atoms with Gasteiger partial charge in [0.2, 0.25) is 0 Å². The normalized spacial score (nSPS) is 20.7. The van der Waals surface area contributed by atoms with Crippen LogP contribution in [0.25, 0.3) is 11.1 Å². The summed E-state index contributed by atoms with van der Waals surface area (Å²) in [7, 11) is 1.78. The highest BCUT2D eigenvalue weighted by atomic mass is 32.2. The molecular formula is C33H46N2O5S. The molecule has 1 aliphatic carbocycles. The zero-order valence-corrected chi connectivity index (χ0v) is 25.6. The highest BCUT2D eigenvalue weighted by Crippen LogP contribution is 2.31. The number of ether oxygens (including phenoxy) is 2. The molecule has 4 rings (SSSR count). The second-order valence-electron chi connectivity index (χ2n) is 11.6. The molecule has 1 aliphatic heterocycles. The number of aliphatic carboxylic acids is 1. The lowest BCUT2D eigenvalue weighted by atomic mass is 9.90. The number of hydrogen-bond donors (Lipinski definition) is 2. The highest BCUT2D eigenvalue weighted by Gasteiger charge is 2.33. The average Bonchev–Trinajstić information content (AvgIpc) is 3.37. The summed E-state index contributed by atoms with van der Waals surface area (Å²) in [5.74, 6) is -0.0310. The number of aryl methyl sites for hydroxylation is 1. The summed E-state index contributed by atoms with van der Waals surface area (Å²) in [5, 5.41) is 12.4.